The van der Waals surface area contributed by atoms with E-state index >= 15 is 0 Å². The molecule has 0 saturated heterocycles. The zero-order valence-electron chi connectivity index (χ0n) is 18.1. The van der Waals surface area contributed by atoms with Crippen LogP contribution < -0.4 is 9.80 Å². The van der Waals surface area contributed by atoms with Crippen molar-refractivity contribution in [2.45, 2.75) is 26.7 Å². The van der Waals surface area contributed by atoms with E-state index in [9.17, 15) is 9.59 Å². The minimum absolute atomic E-state index is 0.302. The summed E-state index contributed by atoms with van der Waals surface area (Å²) < 4.78 is 0. The van der Waals surface area contributed by atoms with Crippen LogP contribution in [0.1, 0.15) is 28.7 Å². The number of amides is 2. The molecule has 2 aliphatic heterocycles. The third-order valence-electron chi connectivity index (χ3n) is 6.18. The molecule has 0 aromatic heterocycles. The molecule has 5 heteroatoms. The van der Waals surface area contributed by atoms with E-state index in [-0.39, 0.29) is 11.8 Å². The molecule has 3 aromatic carbocycles. The van der Waals surface area contributed by atoms with Gasteiger partial charge in [0.25, 0.3) is 11.8 Å². The number of carbonyl (C=O) groups is 2. The lowest BCUT2D eigenvalue weighted by atomic mass is 9.95. The largest absolute Gasteiger partial charge is 0.336 e. The first-order valence-corrected chi connectivity index (χ1v) is 11.1. The number of rotatable bonds is 3. The molecule has 0 spiro atoms. The maximum Gasteiger partial charge on any atom is 0.282 e. The van der Waals surface area contributed by atoms with Gasteiger partial charge in [-0.15, -0.1) is 0 Å². The molecule has 4 nitrogen and oxygen atoms in total. The summed E-state index contributed by atoms with van der Waals surface area (Å²) in [5.41, 5.74) is 6.50. The molecule has 3 aromatic rings. The summed E-state index contributed by atoms with van der Waals surface area (Å²) in [4.78, 5) is 30.9. The van der Waals surface area contributed by atoms with Crippen LogP contribution in [-0.4, -0.2) is 18.4 Å². The molecule has 32 heavy (non-hydrogen) atoms. The monoisotopic (exact) mass is 442 g/mol. The molecule has 0 bridgehead atoms. The van der Waals surface area contributed by atoms with Crippen molar-refractivity contribution < 1.29 is 9.59 Å². The highest BCUT2D eigenvalue weighted by molar-refractivity contribution is 6.46. The van der Waals surface area contributed by atoms with Gasteiger partial charge in [-0.1, -0.05) is 53.6 Å². The number of hydrogen-bond donors (Lipinski definition) is 0. The van der Waals surface area contributed by atoms with E-state index in [1.54, 1.807) is 24.3 Å². The number of fused-ring (bicyclic) bond motifs is 1. The SMILES string of the molecule is Cc1ccc(C2=C(N3CCCc4ccccc43)C(=O)N(c3ccc(Cl)cc3)C2=O)c(C)c1. The second-order valence-electron chi connectivity index (χ2n) is 8.35. The summed E-state index contributed by atoms with van der Waals surface area (Å²) in [6.07, 6.45) is 1.88. The van der Waals surface area contributed by atoms with Crippen molar-refractivity contribution in [3.63, 3.8) is 0 Å². The van der Waals surface area contributed by atoms with Crippen molar-refractivity contribution in [3.05, 3.63) is 99.7 Å². The van der Waals surface area contributed by atoms with Crippen LogP contribution in [0.25, 0.3) is 5.57 Å². The van der Waals surface area contributed by atoms with E-state index < -0.39 is 0 Å². The normalized spacial score (nSPS) is 16.1. The van der Waals surface area contributed by atoms with Gasteiger partial charge in [-0.05, 0) is 73.7 Å². The summed E-state index contributed by atoms with van der Waals surface area (Å²) in [7, 11) is 0. The fourth-order valence-electron chi connectivity index (χ4n) is 4.70. The Kier molecular flexibility index (Phi) is 5.10. The fraction of sp³-hybridized carbons (Fsp3) is 0.185. The van der Waals surface area contributed by atoms with Gasteiger partial charge in [0.2, 0.25) is 0 Å². The number of halogens is 1. The zero-order chi connectivity index (χ0) is 22.4. The molecule has 0 radical (unpaired) electrons. The van der Waals surface area contributed by atoms with Crippen molar-refractivity contribution in [1.29, 1.82) is 0 Å². The first kappa shape index (κ1) is 20.5. The maximum atomic E-state index is 13.8. The van der Waals surface area contributed by atoms with Crippen LogP contribution in [0.5, 0.6) is 0 Å². The predicted octanol–water partition coefficient (Wildman–Crippen LogP) is 5.69. The van der Waals surface area contributed by atoms with E-state index in [0.29, 0.717) is 28.5 Å². The van der Waals surface area contributed by atoms with Crippen molar-refractivity contribution in [1.82, 2.24) is 0 Å². The van der Waals surface area contributed by atoms with Gasteiger partial charge in [0.15, 0.2) is 0 Å². The van der Waals surface area contributed by atoms with Gasteiger partial charge in [0.1, 0.15) is 5.70 Å². The molecule has 5 rings (SSSR count). The van der Waals surface area contributed by atoms with E-state index in [0.717, 1.165) is 35.2 Å². The Bertz CT molecular complexity index is 1280. The quantitative estimate of drug-likeness (QED) is 0.489. The van der Waals surface area contributed by atoms with Crippen LogP contribution >= 0.6 is 11.6 Å². The first-order chi connectivity index (χ1) is 15.5. The molecule has 0 unspecified atom stereocenters. The van der Waals surface area contributed by atoms with Crippen LogP contribution in [0, 0.1) is 13.8 Å². The van der Waals surface area contributed by atoms with Crippen LogP contribution in [0.4, 0.5) is 11.4 Å². The number of para-hydroxylation sites is 1. The van der Waals surface area contributed by atoms with Gasteiger partial charge in [-0.25, -0.2) is 4.90 Å². The molecule has 0 fully saturated rings. The number of anilines is 2. The Balaban J connectivity index is 1.72. The lowest BCUT2D eigenvalue weighted by Gasteiger charge is -2.32. The summed E-state index contributed by atoms with van der Waals surface area (Å²) in [6.45, 7) is 4.70. The van der Waals surface area contributed by atoms with Gasteiger partial charge in [-0.3, -0.25) is 9.59 Å². The number of aryl methyl sites for hydroxylation is 3. The van der Waals surface area contributed by atoms with Crippen molar-refractivity contribution in [3.8, 4) is 0 Å². The van der Waals surface area contributed by atoms with Gasteiger partial charge in [-0.2, -0.15) is 0 Å². The molecule has 2 aliphatic rings. The lowest BCUT2D eigenvalue weighted by molar-refractivity contribution is -0.120. The van der Waals surface area contributed by atoms with Gasteiger partial charge >= 0.3 is 0 Å². The Morgan fingerprint density at radius 3 is 2.38 bits per heavy atom. The molecule has 2 heterocycles. The molecular weight excluding hydrogens is 420 g/mol. The third kappa shape index (κ3) is 3.32. The summed E-state index contributed by atoms with van der Waals surface area (Å²) >= 11 is 6.05. The topological polar surface area (TPSA) is 40.6 Å². The molecule has 0 atom stereocenters. The zero-order valence-corrected chi connectivity index (χ0v) is 18.8. The van der Waals surface area contributed by atoms with Crippen molar-refractivity contribution in [2.24, 2.45) is 0 Å². The molecule has 0 saturated carbocycles. The predicted molar refractivity (Wildman–Crippen MR) is 129 cm³/mol. The number of benzene rings is 3. The van der Waals surface area contributed by atoms with Crippen molar-refractivity contribution in [2.75, 3.05) is 16.3 Å². The summed E-state index contributed by atoms with van der Waals surface area (Å²) in [6, 6.07) is 20.9. The smallest absolute Gasteiger partial charge is 0.282 e. The number of imide groups is 1. The van der Waals surface area contributed by atoms with Gasteiger partial charge in [0.05, 0.1) is 11.3 Å². The van der Waals surface area contributed by atoms with Crippen LogP contribution in [-0.2, 0) is 16.0 Å². The average molecular weight is 443 g/mol. The molecule has 0 N–H and O–H groups in total. The van der Waals surface area contributed by atoms with E-state index in [2.05, 4.69) is 6.07 Å². The standard InChI is InChI=1S/C27H23ClN2O2/c1-17-9-14-22(18(2)16-17)24-25(29-15-5-7-19-6-3-4-8-23(19)29)27(32)30(26(24)31)21-12-10-20(28)11-13-21/h3-4,6,8-14,16H,5,7,15H2,1-2H3. The minimum atomic E-state index is -0.303. The van der Waals surface area contributed by atoms with E-state index in [1.807, 2.05) is 55.1 Å². The van der Waals surface area contributed by atoms with Gasteiger partial charge < -0.3 is 4.90 Å². The second-order valence-corrected chi connectivity index (χ2v) is 8.78. The minimum Gasteiger partial charge on any atom is -0.336 e. The number of nitrogens with zero attached hydrogens (tertiary/aromatic N) is 2. The first-order valence-electron chi connectivity index (χ1n) is 10.8. The number of hydrogen-bond acceptors (Lipinski definition) is 3. The highest BCUT2D eigenvalue weighted by atomic mass is 35.5. The van der Waals surface area contributed by atoms with E-state index in [4.69, 9.17) is 11.6 Å². The molecule has 160 valence electrons. The third-order valence-corrected chi connectivity index (χ3v) is 6.43. The van der Waals surface area contributed by atoms with Gasteiger partial charge in [0, 0.05) is 17.3 Å². The Hall–Kier alpha value is -3.37. The number of carbonyl (C=O) groups excluding carboxylic acids is 2. The van der Waals surface area contributed by atoms with Crippen molar-refractivity contribution >= 4 is 40.4 Å². The molecule has 0 aliphatic carbocycles. The second kappa shape index (κ2) is 7.95. The average Bonchev–Trinajstić information content (AvgIpc) is 3.04. The summed E-state index contributed by atoms with van der Waals surface area (Å²) in [5, 5.41) is 0.556. The van der Waals surface area contributed by atoms with E-state index in [1.165, 1.54) is 10.5 Å². The van der Waals surface area contributed by atoms with Crippen LogP contribution in [0.3, 0.4) is 0 Å². The fourth-order valence-corrected chi connectivity index (χ4v) is 4.82. The molecular formula is C27H23ClN2O2. The maximum absolute atomic E-state index is 13.8. The Labute approximate surface area is 192 Å². The van der Waals surface area contributed by atoms with Crippen LogP contribution in [0.2, 0.25) is 5.02 Å². The Morgan fingerprint density at radius 2 is 1.62 bits per heavy atom. The van der Waals surface area contributed by atoms with Crippen LogP contribution in [0.15, 0.2) is 72.4 Å². The molecule has 2 amide bonds. The lowest BCUT2D eigenvalue weighted by Crippen LogP contribution is -2.37. The summed E-state index contributed by atoms with van der Waals surface area (Å²) in [5.74, 6) is -0.605. The highest BCUT2D eigenvalue weighted by Crippen LogP contribution is 2.40. The highest BCUT2D eigenvalue weighted by Gasteiger charge is 2.43. The Morgan fingerprint density at radius 1 is 0.875 bits per heavy atom.